The Morgan fingerprint density at radius 2 is 2.29 bits per heavy atom. The molecular weight excluding hydrogens is 182 g/mol. The third-order valence-corrected chi connectivity index (χ3v) is 2.28. The lowest BCUT2D eigenvalue weighted by Gasteiger charge is -2.00. The molecule has 0 aromatic carbocycles. The minimum Gasteiger partial charge on any atom is -0.465 e. The van der Waals surface area contributed by atoms with Crippen LogP contribution in [0, 0.1) is 0 Å². The van der Waals surface area contributed by atoms with E-state index < -0.39 is 5.97 Å². The number of Topliss-reactive ketones (excluding diaryl/α,β-unsaturated/α-hetero) is 1. The molecule has 2 rings (SSSR count). The Bertz CT molecular complexity index is 412. The van der Waals surface area contributed by atoms with Crippen molar-refractivity contribution in [3.05, 3.63) is 29.1 Å². The number of nitrogens with zero attached hydrogens (tertiary/aromatic N) is 1. The molecule has 0 radical (unpaired) electrons. The summed E-state index contributed by atoms with van der Waals surface area (Å²) in [7, 11) is 1.30. The van der Waals surface area contributed by atoms with Crippen molar-refractivity contribution >= 4 is 11.8 Å². The van der Waals surface area contributed by atoms with Crippen LogP contribution in [-0.4, -0.2) is 23.8 Å². The summed E-state index contributed by atoms with van der Waals surface area (Å²) in [4.78, 5) is 26.5. The van der Waals surface area contributed by atoms with E-state index in [0.717, 1.165) is 5.69 Å². The molecule has 0 atom stereocenters. The molecule has 0 unspecified atom stereocenters. The van der Waals surface area contributed by atoms with Crippen molar-refractivity contribution in [3.8, 4) is 0 Å². The zero-order valence-corrected chi connectivity index (χ0v) is 7.74. The van der Waals surface area contributed by atoms with Gasteiger partial charge in [-0.2, -0.15) is 0 Å². The van der Waals surface area contributed by atoms with E-state index in [0.29, 0.717) is 24.0 Å². The number of carbonyl (C=O) groups is 2. The second-order valence-corrected chi connectivity index (χ2v) is 3.13. The first-order chi connectivity index (χ1) is 6.72. The van der Waals surface area contributed by atoms with Crippen LogP contribution in [-0.2, 0) is 11.2 Å². The third-order valence-electron chi connectivity index (χ3n) is 2.28. The second-order valence-electron chi connectivity index (χ2n) is 3.13. The van der Waals surface area contributed by atoms with Crippen molar-refractivity contribution in [1.29, 1.82) is 0 Å². The number of ether oxygens (including phenoxy) is 1. The van der Waals surface area contributed by atoms with Gasteiger partial charge >= 0.3 is 5.97 Å². The van der Waals surface area contributed by atoms with E-state index in [9.17, 15) is 9.59 Å². The molecule has 0 spiro atoms. The van der Waals surface area contributed by atoms with Gasteiger partial charge in [-0.05, 0) is 12.5 Å². The van der Waals surface area contributed by atoms with E-state index in [1.54, 1.807) is 6.07 Å². The summed E-state index contributed by atoms with van der Waals surface area (Å²) in [6, 6.07) is 1.56. The average Bonchev–Trinajstić information content (AvgIpc) is 2.59. The minimum absolute atomic E-state index is 0.0539. The molecule has 4 heteroatoms. The van der Waals surface area contributed by atoms with Crippen molar-refractivity contribution < 1.29 is 14.3 Å². The highest BCUT2D eigenvalue weighted by molar-refractivity contribution is 6.02. The van der Waals surface area contributed by atoms with Gasteiger partial charge < -0.3 is 4.74 Å². The lowest BCUT2D eigenvalue weighted by molar-refractivity contribution is 0.0600. The normalized spacial score (nSPS) is 13.9. The number of aryl methyl sites for hydroxylation is 1. The summed E-state index contributed by atoms with van der Waals surface area (Å²) in [6.45, 7) is 0. The first kappa shape index (κ1) is 8.87. The Balaban J connectivity index is 2.44. The maximum atomic E-state index is 11.3. The highest BCUT2D eigenvalue weighted by Gasteiger charge is 2.22. The summed E-state index contributed by atoms with van der Waals surface area (Å²) in [5.41, 5.74) is 1.68. The number of hydrogen-bond acceptors (Lipinski definition) is 4. The Labute approximate surface area is 80.9 Å². The third kappa shape index (κ3) is 1.28. The number of aromatic nitrogens is 1. The van der Waals surface area contributed by atoms with Crippen molar-refractivity contribution in [2.75, 3.05) is 7.11 Å². The van der Waals surface area contributed by atoms with Gasteiger partial charge in [-0.15, -0.1) is 0 Å². The van der Waals surface area contributed by atoms with Gasteiger partial charge in [0.15, 0.2) is 5.78 Å². The SMILES string of the molecule is COC(=O)c1cnc2c(c1)C(=O)CC2. The van der Waals surface area contributed by atoms with Gasteiger partial charge in [-0.1, -0.05) is 0 Å². The van der Waals surface area contributed by atoms with E-state index in [-0.39, 0.29) is 5.78 Å². The van der Waals surface area contributed by atoms with Crippen molar-refractivity contribution in [3.63, 3.8) is 0 Å². The van der Waals surface area contributed by atoms with Crippen LogP contribution in [0.25, 0.3) is 0 Å². The molecule has 72 valence electrons. The average molecular weight is 191 g/mol. The van der Waals surface area contributed by atoms with E-state index in [1.165, 1.54) is 13.3 Å². The number of methoxy groups -OCH3 is 1. The van der Waals surface area contributed by atoms with Crippen LogP contribution in [0.5, 0.6) is 0 Å². The fourth-order valence-electron chi connectivity index (χ4n) is 1.53. The Kier molecular flexibility index (Phi) is 2.04. The largest absolute Gasteiger partial charge is 0.465 e. The highest BCUT2D eigenvalue weighted by Crippen LogP contribution is 2.20. The van der Waals surface area contributed by atoms with Crippen molar-refractivity contribution in [2.24, 2.45) is 0 Å². The topological polar surface area (TPSA) is 56.3 Å². The summed E-state index contributed by atoms with van der Waals surface area (Å²) >= 11 is 0. The number of carbonyl (C=O) groups excluding carboxylic acids is 2. The molecule has 0 amide bonds. The molecule has 0 aliphatic heterocycles. The molecule has 0 saturated heterocycles. The van der Waals surface area contributed by atoms with Crippen LogP contribution >= 0.6 is 0 Å². The van der Waals surface area contributed by atoms with Gasteiger partial charge in [0, 0.05) is 18.2 Å². The fourth-order valence-corrected chi connectivity index (χ4v) is 1.53. The lowest BCUT2D eigenvalue weighted by atomic mass is 10.1. The predicted octanol–water partition coefficient (Wildman–Crippen LogP) is 0.997. The van der Waals surface area contributed by atoms with Crippen molar-refractivity contribution in [1.82, 2.24) is 4.98 Å². The van der Waals surface area contributed by atoms with Gasteiger partial charge in [0.25, 0.3) is 0 Å². The molecular formula is C10H9NO3. The molecule has 1 aliphatic carbocycles. The fraction of sp³-hybridized carbons (Fsp3) is 0.300. The minimum atomic E-state index is -0.458. The zero-order valence-electron chi connectivity index (χ0n) is 7.74. The van der Waals surface area contributed by atoms with Crippen LogP contribution in [0.3, 0.4) is 0 Å². The monoisotopic (exact) mass is 191 g/mol. The number of hydrogen-bond donors (Lipinski definition) is 0. The van der Waals surface area contributed by atoms with Gasteiger partial charge in [0.05, 0.1) is 18.4 Å². The number of fused-ring (bicyclic) bond motifs is 1. The van der Waals surface area contributed by atoms with Gasteiger partial charge in [-0.25, -0.2) is 4.79 Å². The number of rotatable bonds is 1. The zero-order chi connectivity index (χ0) is 10.1. The molecule has 0 N–H and O–H groups in total. The standard InChI is InChI=1S/C10H9NO3/c1-14-10(13)6-4-7-8(11-5-6)2-3-9(7)12/h4-5H,2-3H2,1H3. The number of pyridine rings is 1. The number of esters is 1. The molecule has 4 nitrogen and oxygen atoms in total. The highest BCUT2D eigenvalue weighted by atomic mass is 16.5. The van der Waals surface area contributed by atoms with Crippen LogP contribution in [0.2, 0.25) is 0 Å². The van der Waals surface area contributed by atoms with Crippen molar-refractivity contribution in [2.45, 2.75) is 12.8 Å². The van der Waals surface area contributed by atoms with Gasteiger partial charge in [-0.3, -0.25) is 9.78 Å². The number of ketones is 1. The second kappa shape index (κ2) is 3.21. The Morgan fingerprint density at radius 3 is 3.00 bits per heavy atom. The molecule has 14 heavy (non-hydrogen) atoms. The maximum Gasteiger partial charge on any atom is 0.339 e. The quantitative estimate of drug-likeness (QED) is 0.621. The van der Waals surface area contributed by atoms with Gasteiger partial charge in [0.1, 0.15) is 0 Å². The summed E-state index contributed by atoms with van der Waals surface area (Å²) < 4.78 is 4.54. The Hall–Kier alpha value is -1.71. The molecule has 1 heterocycles. The van der Waals surface area contributed by atoms with E-state index in [4.69, 9.17) is 0 Å². The Morgan fingerprint density at radius 1 is 1.50 bits per heavy atom. The van der Waals surface area contributed by atoms with Gasteiger partial charge in [0.2, 0.25) is 0 Å². The van der Waals surface area contributed by atoms with E-state index in [2.05, 4.69) is 9.72 Å². The van der Waals surface area contributed by atoms with Crippen LogP contribution in [0.1, 0.15) is 32.8 Å². The molecule has 0 saturated carbocycles. The predicted molar refractivity (Wildman–Crippen MR) is 48.2 cm³/mol. The molecule has 1 aromatic rings. The molecule has 1 aromatic heterocycles. The van der Waals surface area contributed by atoms with Crippen LogP contribution in [0.4, 0.5) is 0 Å². The van der Waals surface area contributed by atoms with E-state index >= 15 is 0 Å². The summed E-state index contributed by atoms with van der Waals surface area (Å²) in [5.74, 6) is -0.404. The lowest BCUT2D eigenvalue weighted by Crippen LogP contribution is -2.04. The molecule has 1 aliphatic rings. The van der Waals surface area contributed by atoms with Crippen LogP contribution in [0.15, 0.2) is 12.3 Å². The molecule has 0 fully saturated rings. The molecule has 0 bridgehead atoms. The first-order valence-corrected chi connectivity index (χ1v) is 4.33. The smallest absolute Gasteiger partial charge is 0.339 e. The summed E-state index contributed by atoms with van der Waals surface area (Å²) in [5, 5.41) is 0. The van der Waals surface area contributed by atoms with Crippen LogP contribution < -0.4 is 0 Å². The first-order valence-electron chi connectivity index (χ1n) is 4.33. The maximum absolute atomic E-state index is 11.3. The summed E-state index contributed by atoms with van der Waals surface area (Å²) in [6.07, 6.45) is 2.62. The van der Waals surface area contributed by atoms with E-state index in [1.807, 2.05) is 0 Å².